The molecule has 84 valence electrons. The van der Waals surface area contributed by atoms with E-state index in [9.17, 15) is 9.59 Å². The standard InChI is InChI=1S/C8H4O4.CH2O3/c9-7-5-3-1-2-4-6(5)11-8(10)12-7;2-1(3)4/h1-4H;(H2,2,3,4). The highest BCUT2D eigenvalue weighted by Crippen LogP contribution is 2.04. The first kappa shape index (κ1) is 11.5. The fraction of sp³-hybridized carbons (Fsp3) is 0. The summed E-state index contributed by atoms with van der Waals surface area (Å²) in [5.74, 6) is -0.973. The Morgan fingerprint density at radius 2 is 1.62 bits per heavy atom. The van der Waals surface area contributed by atoms with Crippen LogP contribution < -0.4 is 11.4 Å². The molecule has 7 nitrogen and oxygen atoms in total. The Labute approximate surface area is 87.2 Å². The molecule has 1 aromatic carbocycles. The van der Waals surface area contributed by atoms with Gasteiger partial charge in [-0.3, -0.25) is 0 Å². The largest absolute Gasteiger partial charge is 0.522 e. The molecule has 0 saturated heterocycles. The van der Waals surface area contributed by atoms with Gasteiger partial charge in [-0.2, -0.15) is 0 Å². The van der Waals surface area contributed by atoms with Crippen LogP contribution in [0.5, 0.6) is 0 Å². The summed E-state index contributed by atoms with van der Waals surface area (Å²) in [7, 11) is 0. The van der Waals surface area contributed by atoms with E-state index in [1.54, 1.807) is 12.1 Å². The van der Waals surface area contributed by atoms with E-state index in [2.05, 4.69) is 8.83 Å². The predicted molar refractivity (Wildman–Crippen MR) is 51.7 cm³/mol. The van der Waals surface area contributed by atoms with E-state index in [1.807, 2.05) is 0 Å². The van der Waals surface area contributed by atoms with Gasteiger partial charge in [-0.05, 0) is 12.1 Å². The summed E-state index contributed by atoms with van der Waals surface area (Å²) in [5, 5.41) is 14.2. The van der Waals surface area contributed by atoms with Crippen molar-refractivity contribution in [3.8, 4) is 0 Å². The molecular weight excluding hydrogens is 220 g/mol. The van der Waals surface area contributed by atoms with Crippen LogP contribution in [0.4, 0.5) is 4.79 Å². The van der Waals surface area contributed by atoms with Crippen LogP contribution in [-0.4, -0.2) is 16.4 Å². The molecule has 1 heterocycles. The van der Waals surface area contributed by atoms with Crippen molar-refractivity contribution in [3.05, 3.63) is 45.3 Å². The van der Waals surface area contributed by atoms with Crippen LogP contribution in [0.2, 0.25) is 0 Å². The number of hydrogen-bond acceptors (Lipinski definition) is 5. The molecule has 0 unspecified atom stereocenters. The Balaban J connectivity index is 0.000000280. The minimum atomic E-state index is -1.83. The first-order chi connectivity index (χ1) is 7.50. The summed E-state index contributed by atoms with van der Waals surface area (Å²) in [6, 6.07) is 6.40. The smallest absolute Gasteiger partial charge is 0.450 e. The molecule has 2 rings (SSSR count). The normalized spacial score (nSPS) is 9.25. The maximum absolute atomic E-state index is 11.0. The molecule has 0 atom stereocenters. The molecule has 0 fully saturated rings. The lowest BCUT2D eigenvalue weighted by molar-refractivity contribution is 0.137. The first-order valence-electron chi connectivity index (χ1n) is 3.95. The van der Waals surface area contributed by atoms with Crippen molar-refractivity contribution in [1.29, 1.82) is 0 Å². The Bertz CT molecular complexity index is 603. The molecule has 0 saturated carbocycles. The summed E-state index contributed by atoms with van der Waals surface area (Å²) >= 11 is 0. The summed E-state index contributed by atoms with van der Waals surface area (Å²) in [6.07, 6.45) is -1.83. The number of para-hydroxylation sites is 1. The molecule has 0 bridgehead atoms. The Hall–Kier alpha value is -2.57. The van der Waals surface area contributed by atoms with E-state index < -0.39 is 17.6 Å². The van der Waals surface area contributed by atoms with Gasteiger partial charge in [0, 0.05) is 0 Å². The van der Waals surface area contributed by atoms with Crippen molar-refractivity contribution in [2.45, 2.75) is 0 Å². The molecule has 1 aromatic heterocycles. The highest BCUT2D eigenvalue weighted by Gasteiger charge is 2.01. The molecule has 16 heavy (non-hydrogen) atoms. The number of benzene rings is 1. The van der Waals surface area contributed by atoms with Crippen LogP contribution in [0.1, 0.15) is 0 Å². The van der Waals surface area contributed by atoms with Crippen LogP contribution in [-0.2, 0) is 0 Å². The van der Waals surface area contributed by atoms with Crippen molar-refractivity contribution in [2.75, 3.05) is 0 Å². The lowest BCUT2D eigenvalue weighted by Gasteiger charge is -1.89. The number of fused-ring (bicyclic) bond motifs is 1. The molecule has 7 heteroatoms. The van der Waals surface area contributed by atoms with Gasteiger partial charge in [-0.25, -0.2) is 14.4 Å². The van der Waals surface area contributed by atoms with Crippen LogP contribution in [0.15, 0.2) is 42.7 Å². The second-order valence-corrected chi connectivity index (χ2v) is 2.52. The number of carboxylic acid groups (broad SMARTS) is 2. The maximum Gasteiger partial charge on any atom is 0.522 e. The highest BCUT2D eigenvalue weighted by atomic mass is 16.6. The predicted octanol–water partition coefficient (Wildman–Crippen LogP) is 0.969. The minimum Gasteiger partial charge on any atom is -0.450 e. The van der Waals surface area contributed by atoms with Crippen molar-refractivity contribution >= 4 is 17.1 Å². The van der Waals surface area contributed by atoms with Crippen LogP contribution in [0.25, 0.3) is 11.0 Å². The average Bonchev–Trinajstić information content (AvgIpc) is 2.16. The fourth-order valence-electron chi connectivity index (χ4n) is 0.966. The molecule has 0 aliphatic rings. The van der Waals surface area contributed by atoms with Crippen molar-refractivity contribution in [3.63, 3.8) is 0 Å². The third-order valence-corrected chi connectivity index (χ3v) is 1.48. The van der Waals surface area contributed by atoms with Crippen LogP contribution in [0.3, 0.4) is 0 Å². The van der Waals surface area contributed by atoms with Gasteiger partial charge >= 0.3 is 17.6 Å². The number of hydrogen-bond donors (Lipinski definition) is 2. The van der Waals surface area contributed by atoms with Gasteiger partial charge in [0.05, 0.1) is 0 Å². The van der Waals surface area contributed by atoms with Gasteiger partial charge in [0.2, 0.25) is 0 Å². The van der Waals surface area contributed by atoms with Gasteiger partial charge in [0.25, 0.3) is 0 Å². The second-order valence-electron chi connectivity index (χ2n) is 2.52. The first-order valence-corrected chi connectivity index (χ1v) is 3.95. The topological polar surface area (TPSA) is 118 Å². The molecule has 0 amide bonds. The molecule has 0 aliphatic carbocycles. The van der Waals surface area contributed by atoms with Crippen LogP contribution in [0, 0.1) is 0 Å². The zero-order valence-electron chi connectivity index (χ0n) is 7.75. The fourth-order valence-corrected chi connectivity index (χ4v) is 0.966. The van der Waals surface area contributed by atoms with E-state index in [0.29, 0.717) is 0 Å². The highest BCUT2D eigenvalue weighted by molar-refractivity contribution is 5.74. The van der Waals surface area contributed by atoms with Crippen molar-refractivity contribution in [1.82, 2.24) is 0 Å². The van der Waals surface area contributed by atoms with Gasteiger partial charge < -0.3 is 19.0 Å². The Morgan fingerprint density at radius 1 is 1.06 bits per heavy atom. The quantitative estimate of drug-likeness (QED) is 0.686. The lowest BCUT2D eigenvalue weighted by atomic mass is 10.3. The van der Waals surface area contributed by atoms with Gasteiger partial charge in [0.15, 0.2) is 0 Å². The molecular formula is C9H6O7. The summed E-state index contributed by atoms with van der Waals surface area (Å²) in [4.78, 5) is 30.1. The van der Waals surface area contributed by atoms with Crippen molar-refractivity contribution in [2.24, 2.45) is 0 Å². The minimum absolute atomic E-state index is 0.249. The van der Waals surface area contributed by atoms with Crippen LogP contribution >= 0.6 is 0 Å². The molecule has 2 aromatic rings. The van der Waals surface area contributed by atoms with E-state index in [1.165, 1.54) is 12.1 Å². The summed E-state index contributed by atoms with van der Waals surface area (Å²) in [6.45, 7) is 0. The SMILES string of the molecule is O=C(O)O.O=c1oc(=O)c2ccccc2o1. The molecule has 0 spiro atoms. The molecule has 0 aliphatic heterocycles. The zero-order chi connectivity index (χ0) is 12.1. The Morgan fingerprint density at radius 3 is 2.25 bits per heavy atom. The molecule has 2 N–H and O–H groups in total. The van der Waals surface area contributed by atoms with E-state index >= 15 is 0 Å². The number of rotatable bonds is 0. The summed E-state index contributed by atoms with van der Waals surface area (Å²) in [5.41, 5.74) is -0.416. The van der Waals surface area contributed by atoms with Gasteiger partial charge in [0.1, 0.15) is 11.0 Å². The molecule has 0 radical (unpaired) electrons. The average molecular weight is 226 g/mol. The third kappa shape index (κ3) is 2.98. The van der Waals surface area contributed by atoms with E-state index in [-0.39, 0.29) is 11.0 Å². The van der Waals surface area contributed by atoms with Gasteiger partial charge in [-0.15, -0.1) is 0 Å². The second kappa shape index (κ2) is 4.78. The Kier molecular flexibility index (Phi) is 3.44. The van der Waals surface area contributed by atoms with E-state index in [4.69, 9.17) is 15.0 Å². The lowest BCUT2D eigenvalue weighted by Crippen LogP contribution is -2.09. The zero-order valence-corrected chi connectivity index (χ0v) is 7.75. The van der Waals surface area contributed by atoms with Gasteiger partial charge in [-0.1, -0.05) is 12.1 Å². The number of carbonyl (C=O) groups is 1. The maximum atomic E-state index is 11.0. The summed E-state index contributed by atoms with van der Waals surface area (Å²) < 4.78 is 8.83. The third-order valence-electron chi connectivity index (χ3n) is 1.48. The van der Waals surface area contributed by atoms with Crippen molar-refractivity contribution < 1.29 is 23.8 Å². The van der Waals surface area contributed by atoms with E-state index in [0.717, 1.165) is 0 Å². The monoisotopic (exact) mass is 226 g/mol.